The molecule has 2 atom stereocenters. The van der Waals surface area contributed by atoms with Crippen LogP contribution >= 0.6 is 0 Å². The summed E-state index contributed by atoms with van der Waals surface area (Å²) in [6.45, 7) is 5.96. The van der Waals surface area contributed by atoms with Crippen molar-refractivity contribution >= 4 is 11.9 Å². The van der Waals surface area contributed by atoms with Crippen LogP contribution in [-0.4, -0.2) is 47.1 Å². The van der Waals surface area contributed by atoms with E-state index in [9.17, 15) is 9.59 Å². The van der Waals surface area contributed by atoms with Crippen molar-refractivity contribution < 1.29 is 14.7 Å². The zero-order chi connectivity index (χ0) is 14.3. The Morgan fingerprint density at radius 2 is 2.11 bits per heavy atom. The van der Waals surface area contributed by atoms with Crippen LogP contribution < -0.4 is 5.32 Å². The number of carbonyl (C=O) groups is 2. The second-order valence-electron chi connectivity index (χ2n) is 5.24. The second kappa shape index (κ2) is 8.15. The van der Waals surface area contributed by atoms with Gasteiger partial charge in [-0.3, -0.25) is 9.69 Å². The summed E-state index contributed by atoms with van der Waals surface area (Å²) >= 11 is 0. The maximum absolute atomic E-state index is 12.2. The van der Waals surface area contributed by atoms with E-state index in [-0.39, 0.29) is 11.9 Å². The first-order chi connectivity index (χ1) is 9.10. The minimum Gasteiger partial charge on any atom is -0.480 e. The van der Waals surface area contributed by atoms with Gasteiger partial charge in [0.2, 0.25) is 5.91 Å². The quantitative estimate of drug-likeness (QED) is 0.703. The smallest absolute Gasteiger partial charge is 0.326 e. The van der Waals surface area contributed by atoms with Gasteiger partial charge in [-0.1, -0.05) is 26.7 Å². The highest BCUT2D eigenvalue weighted by molar-refractivity contribution is 5.87. The average Bonchev–Trinajstić information content (AvgIpc) is 2.82. The predicted molar refractivity (Wildman–Crippen MR) is 74.0 cm³/mol. The minimum atomic E-state index is -0.929. The van der Waals surface area contributed by atoms with Crippen molar-refractivity contribution in [3.05, 3.63) is 0 Å². The summed E-state index contributed by atoms with van der Waals surface area (Å²) in [6.07, 6.45) is 5.14. The van der Waals surface area contributed by atoms with Gasteiger partial charge < -0.3 is 10.4 Å². The molecule has 0 bridgehead atoms. The Bertz CT molecular complexity index is 307. The summed E-state index contributed by atoms with van der Waals surface area (Å²) in [6, 6.07) is -0.875. The molecule has 110 valence electrons. The Hall–Kier alpha value is -1.10. The minimum absolute atomic E-state index is 0.116. The van der Waals surface area contributed by atoms with E-state index in [1.165, 1.54) is 0 Å². The van der Waals surface area contributed by atoms with Crippen LogP contribution in [0.2, 0.25) is 0 Å². The molecular weight excluding hydrogens is 244 g/mol. The van der Waals surface area contributed by atoms with Gasteiger partial charge in [-0.2, -0.15) is 0 Å². The fourth-order valence-electron chi connectivity index (χ4n) is 2.61. The highest BCUT2D eigenvalue weighted by atomic mass is 16.4. The Labute approximate surface area is 115 Å². The van der Waals surface area contributed by atoms with Crippen molar-refractivity contribution in [1.29, 1.82) is 0 Å². The number of nitrogens with zero attached hydrogens (tertiary/aromatic N) is 1. The molecule has 0 saturated carbocycles. The molecule has 0 aromatic heterocycles. The largest absolute Gasteiger partial charge is 0.480 e. The molecule has 0 aromatic carbocycles. The van der Waals surface area contributed by atoms with Gasteiger partial charge in [0, 0.05) is 0 Å². The van der Waals surface area contributed by atoms with Crippen molar-refractivity contribution in [3.63, 3.8) is 0 Å². The van der Waals surface area contributed by atoms with Crippen LogP contribution in [0.4, 0.5) is 0 Å². The number of carbonyl (C=O) groups excluding carboxylic acids is 1. The number of carboxylic acids is 1. The van der Waals surface area contributed by atoms with Crippen LogP contribution in [0, 0.1) is 0 Å². The lowest BCUT2D eigenvalue weighted by Gasteiger charge is -2.24. The van der Waals surface area contributed by atoms with Gasteiger partial charge in [-0.15, -0.1) is 0 Å². The maximum atomic E-state index is 12.2. The number of likely N-dealkylation sites (tertiary alicyclic amines) is 1. The molecule has 1 amide bonds. The number of nitrogens with one attached hydrogen (secondary N) is 1. The summed E-state index contributed by atoms with van der Waals surface area (Å²) in [5.41, 5.74) is 0. The Kier molecular flexibility index (Phi) is 6.84. The van der Waals surface area contributed by atoms with Gasteiger partial charge in [0.25, 0.3) is 0 Å². The third kappa shape index (κ3) is 4.82. The van der Waals surface area contributed by atoms with Crippen molar-refractivity contribution in [2.45, 2.75) is 64.5 Å². The Balaban J connectivity index is 2.53. The van der Waals surface area contributed by atoms with Crippen LogP contribution in [0.1, 0.15) is 52.4 Å². The summed E-state index contributed by atoms with van der Waals surface area (Å²) < 4.78 is 0. The van der Waals surface area contributed by atoms with E-state index in [4.69, 9.17) is 5.11 Å². The third-order valence-corrected chi connectivity index (χ3v) is 3.64. The van der Waals surface area contributed by atoms with Gasteiger partial charge in [-0.05, 0) is 38.8 Å². The first-order valence-corrected chi connectivity index (χ1v) is 7.37. The Morgan fingerprint density at radius 3 is 2.68 bits per heavy atom. The van der Waals surface area contributed by atoms with Gasteiger partial charge in [0.15, 0.2) is 0 Å². The molecule has 0 aliphatic carbocycles. The number of amides is 1. The van der Waals surface area contributed by atoms with E-state index in [2.05, 4.69) is 17.1 Å². The number of aliphatic carboxylic acids is 1. The van der Waals surface area contributed by atoms with Crippen LogP contribution in [0.3, 0.4) is 0 Å². The van der Waals surface area contributed by atoms with E-state index in [0.29, 0.717) is 6.42 Å². The number of rotatable bonds is 8. The molecule has 1 saturated heterocycles. The normalized spacial score (nSPS) is 21.3. The van der Waals surface area contributed by atoms with Crippen LogP contribution in [-0.2, 0) is 9.59 Å². The van der Waals surface area contributed by atoms with Crippen molar-refractivity contribution in [1.82, 2.24) is 10.2 Å². The van der Waals surface area contributed by atoms with E-state index in [1.807, 2.05) is 6.92 Å². The molecule has 0 aromatic rings. The number of carboxylic acid groups (broad SMARTS) is 1. The van der Waals surface area contributed by atoms with Gasteiger partial charge in [-0.25, -0.2) is 4.79 Å². The molecule has 1 aliphatic heterocycles. The molecule has 2 unspecified atom stereocenters. The average molecular weight is 270 g/mol. The van der Waals surface area contributed by atoms with Crippen LogP contribution in [0.5, 0.6) is 0 Å². The summed E-state index contributed by atoms with van der Waals surface area (Å²) in [4.78, 5) is 25.5. The standard InChI is InChI=1S/C14H26N2O3/c1-3-5-7-11(14(18)19)15-13(17)12-8-6-10-16(12)9-4-2/h11-12H,3-10H2,1-2H3,(H,15,17)(H,18,19). The van der Waals surface area contributed by atoms with E-state index in [1.54, 1.807) is 0 Å². The van der Waals surface area contributed by atoms with Crippen LogP contribution in [0.25, 0.3) is 0 Å². The van der Waals surface area contributed by atoms with Gasteiger partial charge in [0.1, 0.15) is 6.04 Å². The highest BCUT2D eigenvalue weighted by Crippen LogP contribution is 2.18. The lowest BCUT2D eigenvalue weighted by Crippen LogP contribution is -2.49. The van der Waals surface area contributed by atoms with E-state index < -0.39 is 12.0 Å². The lowest BCUT2D eigenvalue weighted by atomic mass is 10.1. The SMILES string of the molecule is CCCCC(NC(=O)C1CCCN1CCC)C(=O)O. The summed E-state index contributed by atoms with van der Waals surface area (Å²) in [5.74, 6) is -1.05. The van der Waals surface area contributed by atoms with Crippen molar-refractivity contribution in [2.75, 3.05) is 13.1 Å². The predicted octanol–water partition coefficient (Wildman–Crippen LogP) is 1.62. The number of hydrogen-bond donors (Lipinski definition) is 2. The number of hydrogen-bond acceptors (Lipinski definition) is 3. The van der Waals surface area contributed by atoms with Crippen LogP contribution in [0.15, 0.2) is 0 Å². The van der Waals surface area contributed by atoms with Crippen molar-refractivity contribution in [3.8, 4) is 0 Å². The van der Waals surface area contributed by atoms with Gasteiger partial charge in [0.05, 0.1) is 6.04 Å². The Morgan fingerprint density at radius 1 is 1.37 bits per heavy atom. The zero-order valence-electron chi connectivity index (χ0n) is 12.0. The second-order valence-corrected chi connectivity index (χ2v) is 5.24. The molecule has 19 heavy (non-hydrogen) atoms. The van der Waals surface area contributed by atoms with Gasteiger partial charge >= 0.3 is 5.97 Å². The fraction of sp³-hybridized carbons (Fsp3) is 0.857. The molecule has 1 fully saturated rings. The molecule has 1 rings (SSSR count). The lowest BCUT2D eigenvalue weighted by molar-refractivity contribution is -0.142. The molecular formula is C14H26N2O3. The summed E-state index contributed by atoms with van der Waals surface area (Å²) in [5, 5.41) is 11.8. The molecule has 5 heteroatoms. The number of unbranched alkanes of at least 4 members (excludes halogenated alkanes) is 1. The highest BCUT2D eigenvalue weighted by Gasteiger charge is 2.32. The molecule has 1 heterocycles. The molecule has 0 spiro atoms. The first kappa shape index (κ1) is 16.0. The third-order valence-electron chi connectivity index (χ3n) is 3.64. The van der Waals surface area contributed by atoms with E-state index in [0.717, 1.165) is 45.2 Å². The maximum Gasteiger partial charge on any atom is 0.326 e. The van der Waals surface area contributed by atoms with Crippen molar-refractivity contribution in [2.24, 2.45) is 0 Å². The zero-order valence-corrected chi connectivity index (χ0v) is 12.0. The monoisotopic (exact) mass is 270 g/mol. The molecule has 2 N–H and O–H groups in total. The molecule has 5 nitrogen and oxygen atoms in total. The van der Waals surface area contributed by atoms with E-state index >= 15 is 0 Å². The topological polar surface area (TPSA) is 69.6 Å². The fourth-order valence-corrected chi connectivity index (χ4v) is 2.61. The first-order valence-electron chi connectivity index (χ1n) is 7.37. The molecule has 0 radical (unpaired) electrons. The molecule has 1 aliphatic rings. The summed E-state index contributed by atoms with van der Waals surface area (Å²) in [7, 11) is 0.